The molecule has 2 unspecified atom stereocenters. The Morgan fingerprint density at radius 3 is 3.29 bits per heavy atom. The van der Waals surface area contributed by atoms with Crippen LogP contribution in [0.25, 0.3) is 0 Å². The first-order valence-electron chi connectivity index (χ1n) is 5.36. The normalized spacial score (nSPS) is 23.9. The average Bonchev–Trinajstić information content (AvgIpc) is 2.87. The lowest BCUT2D eigenvalue weighted by atomic mass is 10.2. The molecule has 2 N–H and O–H groups in total. The van der Waals surface area contributed by atoms with Crippen molar-refractivity contribution >= 4 is 0 Å². The highest BCUT2D eigenvalue weighted by molar-refractivity contribution is 5.03. The lowest BCUT2D eigenvalue weighted by molar-refractivity contribution is 0.412. The van der Waals surface area contributed by atoms with Gasteiger partial charge in [-0.05, 0) is 38.4 Å². The first-order chi connectivity index (χ1) is 6.86. The van der Waals surface area contributed by atoms with Gasteiger partial charge in [-0.15, -0.1) is 0 Å². The van der Waals surface area contributed by atoms with Gasteiger partial charge in [0.25, 0.3) is 0 Å². The van der Waals surface area contributed by atoms with E-state index >= 15 is 0 Å². The van der Waals surface area contributed by atoms with Crippen molar-refractivity contribution in [2.45, 2.75) is 31.8 Å². The molecule has 2 atom stereocenters. The van der Waals surface area contributed by atoms with Gasteiger partial charge in [0.15, 0.2) is 0 Å². The van der Waals surface area contributed by atoms with Crippen LogP contribution in [-0.2, 0) is 0 Å². The molecule has 1 aliphatic heterocycles. The minimum Gasteiger partial charge on any atom is -0.468 e. The van der Waals surface area contributed by atoms with Crippen molar-refractivity contribution in [1.29, 1.82) is 0 Å². The molecule has 0 saturated carbocycles. The largest absolute Gasteiger partial charge is 0.468 e. The van der Waals surface area contributed by atoms with E-state index in [2.05, 4.69) is 17.6 Å². The van der Waals surface area contributed by atoms with Gasteiger partial charge in [-0.1, -0.05) is 0 Å². The first kappa shape index (κ1) is 9.74. The molecule has 78 valence electrons. The van der Waals surface area contributed by atoms with Crippen LogP contribution in [0.15, 0.2) is 22.8 Å². The van der Waals surface area contributed by atoms with Gasteiger partial charge in [0.2, 0.25) is 0 Å². The summed E-state index contributed by atoms with van der Waals surface area (Å²) in [5.74, 6) is 1.02. The number of furan rings is 1. The van der Waals surface area contributed by atoms with Crippen molar-refractivity contribution in [2.24, 2.45) is 0 Å². The minimum atomic E-state index is 0.312. The molecule has 2 rings (SSSR count). The van der Waals surface area contributed by atoms with E-state index in [1.54, 1.807) is 6.26 Å². The summed E-state index contributed by atoms with van der Waals surface area (Å²) < 4.78 is 5.33. The van der Waals surface area contributed by atoms with E-state index < -0.39 is 0 Å². The summed E-state index contributed by atoms with van der Waals surface area (Å²) in [6, 6.07) is 4.90. The van der Waals surface area contributed by atoms with Crippen LogP contribution in [0.1, 0.15) is 31.6 Å². The van der Waals surface area contributed by atoms with Crippen LogP contribution < -0.4 is 10.6 Å². The van der Waals surface area contributed by atoms with Gasteiger partial charge in [0, 0.05) is 12.6 Å². The maximum Gasteiger partial charge on any atom is 0.120 e. The van der Waals surface area contributed by atoms with E-state index in [1.807, 2.05) is 12.1 Å². The van der Waals surface area contributed by atoms with Crippen molar-refractivity contribution in [1.82, 2.24) is 10.6 Å². The standard InChI is InChI=1S/C11H18N2O/c1-9(11-5-3-7-14-11)13-8-10-4-2-6-12-10/h3,5,7,9-10,12-13H,2,4,6,8H2,1H3. The van der Waals surface area contributed by atoms with E-state index in [-0.39, 0.29) is 0 Å². The fourth-order valence-corrected chi connectivity index (χ4v) is 1.89. The third-order valence-corrected chi connectivity index (χ3v) is 2.80. The van der Waals surface area contributed by atoms with Crippen molar-refractivity contribution in [3.63, 3.8) is 0 Å². The SMILES string of the molecule is CC(NCC1CCCN1)c1ccco1. The zero-order valence-corrected chi connectivity index (χ0v) is 8.62. The molecule has 2 heterocycles. The molecular weight excluding hydrogens is 176 g/mol. The Bertz CT molecular complexity index is 252. The molecule has 3 nitrogen and oxygen atoms in total. The Morgan fingerprint density at radius 1 is 1.71 bits per heavy atom. The summed E-state index contributed by atoms with van der Waals surface area (Å²) >= 11 is 0. The van der Waals surface area contributed by atoms with E-state index in [0.717, 1.165) is 12.3 Å². The number of rotatable bonds is 4. The van der Waals surface area contributed by atoms with Crippen molar-refractivity contribution in [2.75, 3.05) is 13.1 Å². The second-order valence-corrected chi connectivity index (χ2v) is 3.94. The summed E-state index contributed by atoms with van der Waals surface area (Å²) in [6.45, 7) is 4.33. The van der Waals surface area contributed by atoms with Crippen LogP contribution in [0.3, 0.4) is 0 Å². The van der Waals surface area contributed by atoms with Crippen LogP contribution in [0, 0.1) is 0 Å². The fourth-order valence-electron chi connectivity index (χ4n) is 1.89. The zero-order valence-electron chi connectivity index (χ0n) is 8.62. The van der Waals surface area contributed by atoms with Gasteiger partial charge in [0.1, 0.15) is 5.76 Å². The first-order valence-corrected chi connectivity index (χ1v) is 5.36. The molecule has 0 amide bonds. The molecule has 1 fully saturated rings. The predicted octanol–water partition coefficient (Wildman–Crippen LogP) is 1.68. The molecule has 0 spiro atoms. The third-order valence-electron chi connectivity index (χ3n) is 2.80. The summed E-state index contributed by atoms with van der Waals surface area (Å²) in [7, 11) is 0. The molecular formula is C11H18N2O. The summed E-state index contributed by atoms with van der Waals surface area (Å²) in [6.07, 6.45) is 4.32. The Morgan fingerprint density at radius 2 is 2.64 bits per heavy atom. The van der Waals surface area contributed by atoms with E-state index in [4.69, 9.17) is 4.42 Å². The van der Waals surface area contributed by atoms with Crippen LogP contribution >= 0.6 is 0 Å². The summed E-state index contributed by atoms with van der Waals surface area (Å²) in [5, 5.41) is 6.93. The van der Waals surface area contributed by atoms with Crippen LogP contribution in [-0.4, -0.2) is 19.1 Å². The zero-order chi connectivity index (χ0) is 9.80. The van der Waals surface area contributed by atoms with Crippen LogP contribution in [0.5, 0.6) is 0 Å². The molecule has 1 saturated heterocycles. The monoisotopic (exact) mass is 194 g/mol. The summed E-state index contributed by atoms with van der Waals surface area (Å²) in [5.41, 5.74) is 0. The molecule has 0 bridgehead atoms. The molecule has 0 aliphatic carbocycles. The Kier molecular flexibility index (Phi) is 3.22. The van der Waals surface area contributed by atoms with E-state index in [0.29, 0.717) is 12.1 Å². The smallest absolute Gasteiger partial charge is 0.120 e. The Hall–Kier alpha value is -0.800. The van der Waals surface area contributed by atoms with Crippen molar-refractivity contribution in [3.8, 4) is 0 Å². The van der Waals surface area contributed by atoms with Gasteiger partial charge in [-0.25, -0.2) is 0 Å². The quantitative estimate of drug-likeness (QED) is 0.765. The molecule has 1 aliphatic rings. The maximum atomic E-state index is 5.33. The number of nitrogens with one attached hydrogen (secondary N) is 2. The maximum absolute atomic E-state index is 5.33. The molecule has 1 aromatic rings. The summed E-state index contributed by atoms with van der Waals surface area (Å²) in [4.78, 5) is 0. The van der Waals surface area contributed by atoms with Crippen LogP contribution in [0.2, 0.25) is 0 Å². The van der Waals surface area contributed by atoms with Crippen LogP contribution in [0.4, 0.5) is 0 Å². The highest BCUT2D eigenvalue weighted by Crippen LogP contribution is 2.12. The Labute approximate surface area is 84.9 Å². The average molecular weight is 194 g/mol. The van der Waals surface area contributed by atoms with E-state index in [9.17, 15) is 0 Å². The van der Waals surface area contributed by atoms with Crippen molar-refractivity contribution in [3.05, 3.63) is 24.2 Å². The third kappa shape index (κ3) is 2.36. The molecule has 14 heavy (non-hydrogen) atoms. The Balaban J connectivity index is 1.74. The second-order valence-electron chi connectivity index (χ2n) is 3.94. The molecule has 1 aromatic heterocycles. The molecule has 3 heteroatoms. The van der Waals surface area contributed by atoms with Gasteiger partial charge < -0.3 is 15.1 Å². The van der Waals surface area contributed by atoms with E-state index in [1.165, 1.54) is 19.4 Å². The number of hydrogen-bond donors (Lipinski definition) is 2. The van der Waals surface area contributed by atoms with Gasteiger partial charge in [-0.3, -0.25) is 0 Å². The molecule has 0 radical (unpaired) electrons. The number of hydrogen-bond acceptors (Lipinski definition) is 3. The highest BCUT2D eigenvalue weighted by atomic mass is 16.3. The van der Waals surface area contributed by atoms with Gasteiger partial charge in [-0.2, -0.15) is 0 Å². The van der Waals surface area contributed by atoms with Gasteiger partial charge >= 0.3 is 0 Å². The fraction of sp³-hybridized carbons (Fsp3) is 0.636. The second kappa shape index (κ2) is 4.62. The van der Waals surface area contributed by atoms with Gasteiger partial charge in [0.05, 0.1) is 12.3 Å². The molecule has 0 aromatic carbocycles. The lowest BCUT2D eigenvalue weighted by Gasteiger charge is -2.15. The lowest BCUT2D eigenvalue weighted by Crippen LogP contribution is -2.35. The minimum absolute atomic E-state index is 0.312. The topological polar surface area (TPSA) is 37.2 Å². The highest BCUT2D eigenvalue weighted by Gasteiger charge is 2.15. The predicted molar refractivity (Wildman–Crippen MR) is 56.2 cm³/mol. The van der Waals surface area contributed by atoms with Crippen molar-refractivity contribution < 1.29 is 4.42 Å².